The SMILES string of the molecule is CCCCCCN(CCCCCC)c1ccc(C#Cc2c3nc(c(CCCCC)c4ccc([n-]4)c(C#Cc4ccc(C)cc4)c4nc(c(CCCCC)c5ccc2[n-]5)C=C4)C=C3)cc1.[Zn+2]. The molecule has 0 unspecified atom stereocenters. The maximum absolute atomic E-state index is 5.36. The fraction of sp³-hybridized carbons (Fsp3) is 0.390. The van der Waals surface area contributed by atoms with E-state index >= 15 is 0 Å². The molecule has 0 aliphatic carbocycles. The van der Waals surface area contributed by atoms with Crippen molar-refractivity contribution in [2.45, 2.75) is 137 Å². The van der Waals surface area contributed by atoms with Gasteiger partial charge >= 0.3 is 19.5 Å². The number of anilines is 1. The van der Waals surface area contributed by atoms with Crippen molar-refractivity contribution >= 4 is 52.1 Å². The van der Waals surface area contributed by atoms with Gasteiger partial charge in [-0.2, -0.15) is 0 Å². The Kier molecular flexibility index (Phi) is 19.1. The van der Waals surface area contributed by atoms with Gasteiger partial charge in [-0.05, 0) is 117 Å². The van der Waals surface area contributed by atoms with Crippen LogP contribution in [0.5, 0.6) is 0 Å². The topological polar surface area (TPSA) is 57.2 Å². The molecule has 2 aliphatic rings. The van der Waals surface area contributed by atoms with Gasteiger partial charge in [0.1, 0.15) is 0 Å². The van der Waals surface area contributed by atoms with Crippen molar-refractivity contribution in [3.8, 4) is 23.7 Å². The van der Waals surface area contributed by atoms with E-state index in [1.54, 1.807) is 0 Å². The Hall–Kier alpha value is -5.42. The Morgan fingerprint density at radius 3 is 1.28 bits per heavy atom. The van der Waals surface area contributed by atoms with Gasteiger partial charge in [-0.25, -0.2) is 9.97 Å². The average Bonchev–Trinajstić information content (AvgIpc) is 4.17. The molecule has 7 rings (SSSR count). The molecule has 0 atom stereocenters. The Labute approximate surface area is 402 Å². The van der Waals surface area contributed by atoms with Crippen molar-refractivity contribution < 1.29 is 19.5 Å². The first-order chi connectivity index (χ1) is 31.5. The van der Waals surface area contributed by atoms with E-state index in [1.807, 2.05) is 0 Å². The molecule has 0 fully saturated rings. The minimum Gasteiger partial charge on any atom is -0.656 e. The molecule has 0 amide bonds. The van der Waals surface area contributed by atoms with Gasteiger partial charge in [-0.1, -0.05) is 158 Å². The van der Waals surface area contributed by atoms with E-state index in [-0.39, 0.29) is 19.5 Å². The summed E-state index contributed by atoms with van der Waals surface area (Å²) in [7, 11) is 0. The van der Waals surface area contributed by atoms with Crippen LogP contribution >= 0.6 is 0 Å². The maximum Gasteiger partial charge on any atom is 2.00 e. The van der Waals surface area contributed by atoms with Crippen molar-refractivity contribution in [3.05, 3.63) is 135 Å². The van der Waals surface area contributed by atoms with Crippen molar-refractivity contribution in [1.82, 2.24) is 19.9 Å². The molecule has 6 heteroatoms. The molecule has 8 bridgehead atoms. The van der Waals surface area contributed by atoms with E-state index in [0.29, 0.717) is 0 Å². The van der Waals surface area contributed by atoms with Crippen LogP contribution in [-0.4, -0.2) is 23.1 Å². The van der Waals surface area contributed by atoms with Gasteiger partial charge in [0, 0.05) is 41.0 Å². The quantitative estimate of drug-likeness (QED) is 0.0460. The van der Waals surface area contributed by atoms with E-state index < -0.39 is 0 Å². The summed E-state index contributed by atoms with van der Waals surface area (Å²) in [6.45, 7) is 13.4. The Bertz CT molecular complexity index is 2670. The van der Waals surface area contributed by atoms with E-state index in [9.17, 15) is 0 Å². The number of nitrogens with zero attached hydrogens (tertiary/aromatic N) is 5. The summed E-state index contributed by atoms with van der Waals surface area (Å²) in [5, 5.41) is 0. The van der Waals surface area contributed by atoms with Gasteiger partial charge in [0.15, 0.2) is 0 Å². The zero-order chi connectivity index (χ0) is 44.5. The number of rotatable bonds is 19. The first-order valence-electron chi connectivity index (χ1n) is 24.5. The van der Waals surface area contributed by atoms with Crippen LogP contribution in [0.1, 0.15) is 179 Å². The van der Waals surface area contributed by atoms with Crippen LogP contribution in [0.4, 0.5) is 5.69 Å². The summed E-state index contributed by atoms with van der Waals surface area (Å²) in [6, 6.07) is 25.8. The second-order valence-corrected chi connectivity index (χ2v) is 17.5. The summed E-state index contributed by atoms with van der Waals surface area (Å²) in [6.07, 6.45) is 27.1. The van der Waals surface area contributed by atoms with Gasteiger partial charge in [-0.15, -0.1) is 22.1 Å². The van der Waals surface area contributed by atoms with Gasteiger partial charge in [-0.3, -0.25) is 0 Å². The molecule has 0 saturated heterocycles. The molecule has 0 N–H and O–H groups in total. The third-order valence-corrected chi connectivity index (χ3v) is 12.4. The fourth-order valence-corrected chi connectivity index (χ4v) is 8.57. The fourth-order valence-electron chi connectivity index (χ4n) is 8.57. The third-order valence-electron chi connectivity index (χ3n) is 12.4. The van der Waals surface area contributed by atoms with Crippen LogP contribution in [0.3, 0.4) is 0 Å². The number of hydrogen-bond acceptors (Lipinski definition) is 3. The standard InChI is InChI=1S/C59H67N5.Zn/c1-6-10-14-18-42-64(43-19-15-11-7-2)47-30-26-46(27-31-47)29-33-51-58-40-36-54(62-58)48(20-16-12-8-3)52-34-38-56(60-52)50(32-28-45-24-22-44(5)23-25-45)57-39-35-53(61-57)49(21-17-13-9-4)55-37-41-59(51)63-55;/h22-27,30-31,34-41H,6-21,42-43H2,1-5H3;/q-2;+2. The number of benzene rings is 2. The summed E-state index contributed by atoms with van der Waals surface area (Å²) >= 11 is 0. The van der Waals surface area contributed by atoms with Crippen LogP contribution in [0.25, 0.3) is 46.4 Å². The van der Waals surface area contributed by atoms with Gasteiger partial charge in [0.25, 0.3) is 0 Å². The third kappa shape index (κ3) is 13.3. The minimum atomic E-state index is 0. The molecule has 2 aliphatic heterocycles. The normalized spacial score (nSPS) is 11.5. The van der Waals surface area contributed by atoms with Gasteiger partial charge in [0.2, 0.25) is 0 Å². The predicted octanol–water partition coefficient (Wildman–Crippen LogP) is 14.5. The molecule has 0 spiro atoms. The van der Waals surface area contributed by atoms with Gasteiger partial charge in [0.05, 0.1) is 22.8 Å². The first kappa shape index (κ1) is 49.0. The van der Waals surface area contributed by atoms with Crippen molar-refractivity contribution in [2.24, 2.45) is 0 Å². The van der Waals surface area contributed by atoms with Crippen LogP contribution in [-0.2, 0) is 32.3 Å². The second kappa shape index (κ2) is 25.3. The van der Waals surface area contributed by atoms with Crippen LogP contribution < -0.4 is 14.9 Å². The van der Waals surface area contributed by atoms with E-state index in [1.165, 1.54) is 62.6 Å². The molecular formula is C59H67N5Zn. The molecule has 3 aromatic heterocycles. The smallest absolute Gasteiger partial charge is 0.656 e. The van der Waals surface area contributed by atoms with Gasteiger partial charge < -0.3 is 14.9 Å². The second-order valence-electron chi connectivity index (χ2n) is 17.5. The number of fused-ring (bicyclic) bond motifs is 8. The monoisotopic (exact) mass is 909 g/mol. The minimum absolute atomic E-state index is 0. The number of aromatic nitrogens is 4. The van der Waals surface area contributed by atoms with E-state index in [2.05, 4.69) is 160 Å². The average molecular weight is 912 g/mol. The van der Waals surface area contributed by atoms with Crippen molar-refractivity contribution in [1.29, 1.82) is 0 Å². The predicted molar refractivity (Wildman–Crippen MR) is 273 cm³/mol. The molecule has 5 aromatic rings. The molecule has 0 saturated carbocycles. The molecule has 65 heavy (non-hydrogen) atoms. The van der Waals surface area contributed by atoms with Crippen molar-refractivity contribution in [3.63, 3.8) is 0 Å². The van der Waals surface area contributed by atoms with E-state index in [0.717, 1.165) is 143 Å². The molecular weight excluding hydrogens is 844 g/mol. The largest absolute Gasteiger partial charge is 2.00 e. The molecule has 5 heterocycles. The number of unbranched alkanes of at least 4 members (excludes halogenated alkanes) is 10. The zero-order valence-electron chi connectivity index (χ0n) is 39.9. The van der Waals surface area contributed by atoms with E-state index in [4.69, 9.17) is 19.9 Å². The summed E-state index contributed by atoms with van der Waals surface area (Å²) in [4.78, 5) is 23.9. The molecule has 0 radical (unpaired) electrons. The Morgan fingerprint density at radius 2 is 0.831 bits per heavy atom. The molecule has 5 nitrogen and oxygen atoms in total. The summed E-state index contributed by atoms with van der Waals surface area (Å²) in [5.41, 5.74) is 15.4. The first-order valence-corrected chi connectivity index (χ1v) is 24.5. The summed E-state index contributed by atoms with van der Waals surface area (Å²) < 4.78 is 0. The molecule has 330 valence electrons. The number of aryl methyl sites for hydroxylation is 3. The van der Waals surface area contributed by atoms with Crippen LogP contribution in [0.15, 0.2) is 72.8 Å². The van der Waals surface area contributed by atoms with Crippen LogP contribution in [0, 0.1) is 30.6 Å². The summed E-state index contributed by atoms with van der Waals surface area (Å²) in [5.74, 6) is 14.1. The molecule has 2 aromatic carbocycles. The number of hydrogen-bond donors (Lipinski definition) is 0. The van der Waals surface area contributed by atoms with Crippen molar-refractivity contribution in [2.75, 3.05) is 18.0 Å². The Morgan fingerprint density at radius 1 is 0.431 bits per heavy atom. The zero-order valence-corrected chi connectivity index (χ0v) is 42.9. The Balaban J connectivity index is 0.00000700. The van der Waals surface area contributed by atoms with Crippen LogP contribution in [0.2, 0.25) is 0 Å². The maximum atomic E-state index is 5.36.